The minimum Gasteiger partial charge on any atom is -0.466 e. The van der Waals surface area contributed by atoms with E-state index in [1.807, 2.05) is 65.2 Å². The molecule has 12 nitrogen and oxygen atoms in total. The van der Waals surface area contributed by atoms with Crippen LogP contribution in [0.4, 0.5) is 0 Å². The molecular formula is C40H63N5O7. The fraction of sp³-hybridized carbons (Fsp3) is 0.725. The number of nitrogens with zero attached hydrogens (tertiary/aromatic N) is 4. The van der Waals surface area contributed by atoms with Crippen LogP contribution in [0.5, 0.6) is 0 Å². The molecule has 3 fully saturated rings. The summed E-state index contributed by atoms with van der Waals surface area (Å²) >= 11 is 0. The van der Waals surface area contributed by atoms with Gasteiger partial charge in [-0.2, -0.15) is 0 Å². The Morgan fingerprint density at radius 3 is 2.19 bits per heavy atom. The Kier molecular flexibility index (Phi) is 14.7. The third-order valence-corrected chi connectivity index (χ3v) is 11.1. The van der Waals surface area contributed by atoms with Crippen molar-refractivity contribution >= 4 is 29.7 Å². The molecule has 0 bridgehead atoms. The summed E-state index contributed by atoms with van der Waals surface area (Å²) in [5, 5.41) is 3.13. The van der Waals surface area contributed by atoms with E-state index in [1.54, 1.807) is 16.7 Å². The van der Waals surface area contributed by atoms with E-state index < -0.39 is 41.6 Å². The van der Waals surface area contributed by atoms with Crippen molar-refractivity contribution in [2.45, 2.75) is 129 Å². The van der Waals surface area contributed by atoms with Crippen molar-refractivity contribution in [2.24, 2.45) is 11.3 Å². The number of piperidine rings is 1. The monoisotopic (exact) mass is 725 g/mol. The Morgan fingerprint density at radius 2 is 1.56 bits per heavy atom. The molecule has 0 saturated carbocycles. The molecule has 3 aliphatic heterocycles. The number of likely N-dealkylation sites (tertiary alicyclic amines) is 3. The Morgan fingerprint density at radius 1 is 0.904 bits per heavy atom. The standard InChI is InChI=1S/C40H63N5O7/c1-9-51-34(46)25-33(28-17-11-10-12-18-28)52-39(50)31-21-16-24-45(31)37(48)30-20-15-23-44(30)26-32(27(2)3)43(8)38(49)35(40(4,5)6)41-36(47)29-19-13-14-22-42(29)7/h10-12,17-18,27,29-33,35H,9,13-16,19-26H2,1-8H3,(H,41,47)/t29?,30-,31-,32+,33-,35+/m0/s1. The summed E-state index contributed by atoms with van der Waals surface area (Å²) in [5.74, 6) is -1.25. The summed E-state index contributed by atoms with van der Waals surface area (Å²) in [6.07, 6.45) is 4.55. The smallest absolute Gasteiger partial charge is 0.329 e. The van der Waals surface area contributed by atoms with Gasteiger partial charge in [-0.3, -0.25) is 29.0 Å². The van der Waals surface area contributed by atoms with Gasteiger partial charge in [0.2, 0.25) is 17.7 Å². The second-order valence-electron chi connectivity index (χ2n) is 16.2. The number of carbonyl (C=O) groups excluding carboxylic acids is 5. The van der Waals surface area contributed by atoms with Crippen LogP contribution >= 0.6 is 0 Å². The fourth-order valence-electron chi connectivity index (χ4n) is 7.96. The zero-order chi connectivity index (χ0) is 38.2. The normalized spacial score (nSPS) is 23.2. The molecule has 3 aliphatic rings. The first-order valence-electron chi connectivity index (χ1n) is 19.4. The lowest BCUT2D eigenvalue weighted by atomic mass is 9.84. The van der Waals surface area contributed by atoms with Crippen LogP contribution in [0.2, 0.25) is 0 Å². The van der Waals surface area contributed by atoms with Gasteiger partial charge in [-0.15, -0.1) is 0 Å². The Balaban J connectivity index is 1.45. The first kappa shape index (κ1) is 41.2. The van der Waals surface area contributed by atoms with Crippen LogP contribution < -0.4 is 5.32 Å². The van der Waals surface area contributed by atoms with E-state index in [2.05, 4.69) is 29.0 Å². The Bertz CT molecular complexity index is 1380. The van der Waals surface area contributed by atoms with Crippen LogP contribution in [-0.2, 0) is 33.4 Å². The van der Waals surface area contributed by atoms with Crippen LogP contribution in [0.3, 0.4) is 0 Å². The lowest BCUT2D eigenvalue weighted by Gasteiger charge is -2.41. The lowest BCUT2D eigenvalue weighted by Crippen LogP contribution is -2.61. The van der Waals surface area contributed by atoms with E-state index in [0.29, 0.717) is 44.5 Å². The molecule has 1 aromatic carbocycles. The van der Waals surface area contributed by atoms with Crippen molar-refractivity contribution in [1.82, 2.24) is 24.9 Å². The molecule has 1 N–H and O–H groups in total. The van der Waals surface area contributed by atoms with Gasteiger partial charge in [-0.25, -0.2) is 4.79 Å². The largest absolute Gasteiger partial charge is 0.466 e. The fourth-order valence-corrected chi connectivity index (χ4v) is 7.96. The molecule has 290 valence electrons. The highest BCUT2D eigenvalue weighted by molar-refractivity contribution is 5.91. The summed E-state index contributed by atoms with van der Waals surface area (Å²) in [5.41, 5.74) is 0.173. The molecule has 3 amide bonds. The van der Waals surface area contributed by atoms with E-state index in [0.717, 1.165) is 32.2 Å². The van der Waals surface area contributed by atoms with Gasteiger partial charge >= 0.3 is 11.9 Å². The second kappa shape index (κ2) is 18.5. The van der Waals surface area contributed by atoms with Crippen molar-refractivity contribution in [3.8, 4) is 0 Å². The number of amides is 3. The van der Waals surface area contributed by atoms with E-state index in [9.17, 15) is 24.0 Å². The first-order valence-corrected chi connectivity index (χ1v) is 19.4. The molecule has 1 aromatic rings. The second-order valence-corrected chi connectivity index (χ2v) is 16.2. The average Bonchev–Trinajstić information content (AvgIpc) is 3.79. The van der Waals surface area contributed by atoms with Crippen molar-refractivity contribution < 1.29 is 33.4 Å². The van der Waals surface area contributed by atoms with Crippen LogP contribution in [0, 0.1) is 11.3 Å². The maximum Gasteiger partial charge on any atom is 0.329 e. The summed E-state index contributed by atoms with van der Waals surface area (Å²) in [4.78, 5) is 75.8. The molecule has 4 rings (SSSR count). The highest BCUT2D eigenvalue weighted by Crippen LogP contribution is 2.30. The molecule has 3 heterocycles. The number of carbonyl (C=O) groups is 5. The number of nitrogens with one attached hydrogen (secondary N) is 1. The predicted octanol–water partition coefficient (Wildman–Crippen LogP) is 4.18. The third kappa shape index (κ3) is 10.3. The summed E-state index contributed by atoms with van der Waals surface area (Å²) in [6, 6.07) is 6.78. The first-order chi connectivity index (χ1) is 24.6. The van der Waals surface area contributed by atoms with Gasteiger partial charge in [0.25, 0.3) is 0 Å². The highest BCUT2D eigenvalue weighted by Gasteiger charge is 2.44. The molecule has 0 radical (unpaired) electrons. The highest BCUT2D eigenvalue weighted by atomic mass is 16.6. The van der Waals surface area contributed by atoms with Crippen molar-refractivity contribution in [3.05, 3.63) is 35.9 Å². The molecule has 52 heavy (non-hydrogen) atoms. The number of rotatable bonds is 14. The lowest BCUT2D eigenvalue weighted by molar-refractivity contribution is -0.162. The third-order valence-electron chi connectivity index (χ3n) is 11.1. The maximum atomic E-state index is 14.3. The number of hydrogen-bond acceptors (Lipinski definition) is 9. The summed E-state index contributed by atoms with van der Waals surface area (Å²) in [6.45, 7) is 14.5. The average molecular weight is 726 g/mol. The molecule has 3 saturated heterocycles. The van der Waals surface area contributed by atoms with Crippen LogP contribution in [-0.4, -0.2) is 126 Å². The zero-order valence-corrected chi connectivity index (χ0v) is 32.8. The van der Waals surface area contributed by atoms with Gasteiger partial charge in [-0.05, 0) is 82.5 Å². The Hall–Kier alpha value is -3.51. The van der Waals surface area contributed by atoms with Crippen LogP contribution in [0.1, 0.15) is 105 Å². The van der Waals surface area contributed by atoms with E-state index in [-0.39, 0.29) is 48.8 Å². The summed E-state index contributed by atoms with van der Waals surface area (Å²) in [7, 11) is 3.77. The van der Waals surface area contributed by atoms with Gasteiger partial charge in [0.05, 0.1) is 25.1 Å². The van der Waals surface area contributed by atoms with Crippen LogP contribution in [0.25, 0.3) is 0 Å². The SMILES string of the molecule is CCOC(=O)C[C@H](OC(=O)[C@@H]1CCCN1C(=O)[C@@H]1CCCN1C[C@H](C(C)C)N(C)C(=O)[C@@H](NC(=O)C1CCCCN1C)C(C)(C)C)c1ccccc1. The van der Waals surface area contributed by atoms with Gasteiger partial charge in [0.1, 0.15) is 18.2 Å². The van der Waals surface area contributed by atoms with E-state index in [1.165, 1.54) is 0 Å². The predicted molar refractivity (Wildman–Crippen MR) is 199 cm³/mol. The van der Waals surface area contributed by atoms with E-state index in [4.69, 9.17) is 9.47 Å². The zero-order valence-electron chi connectivity index (χ0n) is 32.8. The topological polar surface area (TPSA) is 129 Å². The molecular weight excluding hydrogens is 662 g/mol. The number of esters is 2. The number of benzene rings is 1. The molecule has 6 atom stereocenters. The van der Waals surface area contributed by atoms with Crippen molar-refractivity contribution in [3.63, 3.8) is 0 Å². The van der Waals surface area contributed by atoms with Gasteiger partial charge in [-0.1, -0.05) is 71.4 Å². The molecule has 0 aliphatic carbocycles. The minimum absolute atomic E-state index is 0.0786. The Labute approximate surface area is 310 Å². The van der Waals surface area contributed by atoms with Gasteiger partial charge in [0, 0.05) is 26.2 Å². The molecule has 12 heteroatoms. The van der Waals surface area contributed by atoms with Gasteiger partial charge < -0.3 is 24.6 Å². The van der Waals surface area contributed by atoms with Crippen molar-refractivity contribution in [2.75, 3.05) is 46.9 Å². The molecule has 0 spiro atoms. The van der Waals surface area contributed by atoms with Crippen LogP contribution in [0.15, 0.2) is 30.3 Å². The summed E-state index contributed by atoms with van der Waals surface area (Å²) < 4.78 is 11.1. The number of hydrogen-bond donors (Lipinski definition) is 1. The minimum atomic E-state index is -0.821. The number of likely N-dealkylation sites (N-methyl/N-ethyl adjacent to an activating group) is 2. The molecule has 0 aromatic heterocycles. The maximum absolute atomic E-state index is 14.3. The van der Waals surface area contributed by atoms with Crippen molar-refractivity contribution in [1.29, 1.82) is 0 Å². The quantitative estimate of drug-likeness (QED) is 0.281. The van der Waals surface area contributed by atoms with E-state index >= 15 is 0 Å². The van der Waals surface area contributed by atoms with Gasteiger partial charge in [0.15, 0.2) is 0 Å². The molecule has 1 unspecified atom stereocenters. The number of ether oxygens (including phenoxy) is 2.